The number of anilines is 2. The summed E-state index contributed by atoms with van der Waals surface area (Å²) in [6.45, 7) is 6.71. The zero-order chi connectivity index (χ0) is 13.4. The maximum atomic E-state index is 4.61. The summed E-state index contributed by atoms with van der Waals surface area (Å²) >= 11 is 0. The highest BCUT2D eigenvalue weighted by atomic mass is 15.3. The van der Waals surface area contributed by atoms with E-state index in [4.69, 9.17) is 0 Å². The summed E-state index contributed by atoms with van der Waals surface area (Å²) in [4.78, 5) is 18.7. The van der Waals surface area contributed by atoms with Crippen LogP contribution in [0.1, 0.15) is 20.3 Å². The molecule has 19 heavy (non-hydrogen) atoms. The van der Waals surface area contributed by atoms with Crippen molar-refractivity contribution in [1.29, 1.82) is 0 Å². The minimum atomic E-state index is 0.626. The second-order valence-electron chi connectivity index (χ2n) is 5.41. The molecule has 0 aromatic carbocycles. The number of imidazole rings is 1. The summed E-state index contributed by atoms with van der Waals surface area (Å²) in [6.07, 6.45) is 2.88. The van der Waals surface area contributed by atoms with Gasteiger partial charge in [-0.2, -0.15) is 9.97 Å². The van der Waals surface area contributed by atoms with Gasteiger partial charge in [-0.1, -0.05) is 13.8 Å². The molecule has 1 aliphatic rings. The number of fused-ring (bicyclic) bond motifs is 1. The first-order valence-corrected chi connectivity index (χ1v) is 6.83. The van der Waals surface area contributed by atoms with Crippen molar-refractivity contribution in [1.82, 2.24) is 19.9 Å². The molecule has 2 N–H and O–H groups in total. The largest absolute Gasteiger partial charge is 0.357 e. The molecule has 6 heteroatoms. The fourth-order valence-electron chi connectivity index (χ4n) is 2.61. The Balaban J connectivity index is 2.01. The third-order valence-corrected chi connectivity index (χ3v) is 4.12. The maximum absolute atomic E-state index is 4.61. The summed E-state index contributed by atoms with van der Waals surface area (Å²) in [7, 11) is 1.83. The number of H-pyrrole nitrogens is 1. The Kier molecular flexibility index (Phi) is 3.00. The first kappa shape index (κ1) is 12.2. The average molecular weight is 260 g/mol. The molecule has 1 saturated heterocycles. The second kappa shape index (κ2) is 4.68. The summed E-state index contributed by atoms with van der Waals surface area (Å²) in [5.41, 5.74) is 1.65. The van der Waals surface area contributed by atoms with Crippen LogP contribution in [0.3, 0.4) is 0 Å². The number of hydrogen-bond acceptors (Lipinski definition) is 5. The predicted octanol–water partition coefficient (Wildman–Crippen LogP) is 1.88. The normalized spacial score (nSPS) is 23.8. The van der Waals surface area contributed by atoms with E-state index in [1.54, 1.807) is 6.33 Å². The molecule has 0 radical (unpaired) electrons. The smallest absolute Gasteiger partial charge is 0.226 e. The van der Waals surface area contributed by atoms with Gasteiger partial charge in [-0.05, 0) is 18.3 Å². The van der Waals surface area contributed by atoms with Crippen molar-refractivity contribution in [3.63, 3.8) is 0 Å². The molecule has 3 heterocycles. The Bertz CT molecular complexity index is 578. The summed E-state index contributed by atoms with van der Waals surface area (Å²) in [5, 5.41) is 3.01. The Morgan fingerprint density at radius 3 is 2.89 bits per heavy atom. The van der Waals surface area contributed by atoms with Crippen LogP contribution in [0, 0.1) is 11.8 Å². The highest BCUT2D eigenvalue weighted by molar-refractivity contribution is 5.84. The third-order valence-electron chi connectivity index (χ3n) is 4.12. The number of aromatic amines is 1. The molecule has 2 aromatic rings. The van der Waals surface area contributed by atoms with E-state index < -0.39 is 0 Å². The van der Waals surface area contributed by atoms with Crippen LogP contribution in [-0.2, 0) is 0 Å². The molecule has 102 valence electrons. The van der Waals surface area contributed by atoms with Crippen LogP contribution in [0.4, 0.5) is 11.8 Å². The lowest BCUT2D eigenvalue weighted by Crippen LogP contribution is -2.39. The lowest BCUT2D eigenvalue weighted by atomic mass is 9.89. The van der Waals surface area contributed by atoms with Crippen LogP contribution in [0.5, 0.6) is 0 Å². The topological polar surface area (TPSA) is 69.7 Å². The van der Waals surface area contributed by atoms with E-state index >= 15 is 0 Å². The fraction of sp³-hybridized carbons (Fsp3) is 0.615. The van der Waals surface area contributed by atoms with E-state index in [1.807, 2.05) is 7.05 Å². The van der Waals surface area contributed by atoms with E-state index in [-0.39, 0.29) is 0 Å². The van der Waals surface area contributed by atoms with Crippen molar-refractivity contribution in [3.05, 3.63) is 6.33 Å². The number of piperidine rings is 1. The predicted molar refractivity (Wildman–Crippen MR) is 76.4 cm³/mol. The highest BCUT2D eigenvalue weighted by Crippen LogP contribution is 2.29. The highest BCUT2D eigenvalue weighted by Gasteiger charge is 2.25. The van der Waals surface area contributed by atoms with Crippen LogP contribution >= 0.6 is 0 Å². The van der Waals surface area contributed by atoms with Crippen LogP contribution in [0.2, 0.25) is 0 Å². The quantitative estimate of drug-likeness (QED) is 0.862. The van der Waals surface area contributed by atoms with Crippen molar-refractivity contribution >= 4 is 22.9 Å². The zero-order valence-electron chi connectivity index (χ0n) is 11.6. The van der Waals surface area contributed by atoms with Gasteiger partial charge in [0.05, 0.1) is 6.33 Å². The molecule has 1 aliphatic heterocycles. The van der Waals surface area contributed by atoms with Gasteiger partial charge in [0.2, 0.25) is 5.95 Å². The molecule has 2 aromatic heterocycles. The van der Waals surface area contributed by atoms with Crippen molar-refractivity contribution < 1.29 is 0 Å². The molecule has 0 amide bonds. The van der Waals surface area contributed by atoms with Gasteiger partial charge in [0.15, 0.2) is 11.5 Å². The van der Waals surface area contributed by atoms with Crippen molar-refractivity contribution in [2.45, 2.75) is 20.3 Å². The van der Waals surface area contributed by atoms with Gasteiger partial charge in [-0.3, -0.25) is 0 Å². The molecule has 0 saturated carbocycles. The lowest BCUT2D eigenvalue weighted by molar-refractivity contribution is 0.323. The minimum Gasteiger partial charge on any atom is -0.357 e. The van der Waals surface area contributed by atoms with Gasteiger partial charge < -0.3 is 15.2 Å². The second-order valence-corrected chi connectivity index (χ2v) is 5.41. The Morgan fingerprint density at radius 2 is 2.16 bits per heavy atom. The van der Waals surface area contributed by atoms with Crippen molar-refractivity contribution in [3.8, 4) is 0 Å². The van der Waals surface area contributed by atoms with Gasteiger partial charge in [0.1, 0.15) is 5.52 Å². The molecular weight excluding hydrogens is 240 g/mol. The van der Waals surface area contributed by atoms with E-state index in [0.717, 1.165) is 36.0 Å². The standard InChI is InChI=1S/C13H20N6/c1-8-4-5-19(6-9(8)2)12-10-11(16-7-15-10)17-13(14-3)18-12/h7-9H,4-6H2,1-3H3,(H2,14,15,16,17,18). The number of hydrogen-bond donors (Lipinski definition) is 2. The zero-order valence-corrected chi connectivity index (χ0v) is 11.6. The van der Waals surface area contributed by atoms with Crippen LogP contribution in [0.15, 0.2) is 6.33 Å². The van der Waals surface area contributed by atoms with Crippen molar-refractivity contribution in [2.75, 3.05) is 30.4 Å². The van der Waals surface area contributed by atoms with E-state index in [9.17, 15) is 0 Å². The van der Waals surface area contributed by atoms with E-state index in [0.29, 0.717) is 11.9 Å². The van der Waals surface area contributed by atoms with Crippen LogP contribution in [0.25, 0.3) is 11.2 Å². The number of nitrogens with zero attached hydrogens (tertiary/aromatic N) is 4. The molecule has 3 rings (SSSR count). The van der Waals surface area contributed by atoms with Gasteiger partial charge in [0, 0.05) is 20.1 Å². The fourth-order valence-corrected chi connectivity index (χ4v) is 2.61. The summed E-state index contributed by atoms with van der Waals surface area (Å²) < 4.78 is 0. The van der Waals surface area contributed by atoms with Gasteiger partial charge in [0.25, 0.3) is 0 Å². The third kappa shape index (κ3) is 2.11. The SMILES string of the molecule is CNc1nc(N2CCC(C)C(C)C2)c2[nH]cnc2n1. The Morgan fingerprint density at radius 1 is 1.32 bits per heavy atom. The maximum Gasteiger partial charge on any atom is 0.226 e. The van der Waals surface area contributed by atoms with Gasteiger partial charge in [-0.25, -0.2) is 4.98 Å². The molecule has 6 nitrogen and oxygen atoms in total. The first-order chi connectivity index (χ1) is 9.19. The van der Waals surface area contributed by atoms with E-state index in [2.05, 4.69) is 44.0 Å². The molecule has 0 bridgehead atoms. The average Bonchev–Trinajstić information content (AvgIpc) is 2.89. The summed E-state index contributed by atoms with van der Waals surface area (Å²) in [5.74, 6) is 3.05. The Hall–Kier alpha value is -1.85. The lowest BCUT2D eigenvalue weighted by Gasteiger charge is -2.36. The summed E-state index contributed by atoms with van der Waals surface area (Å²) in [6, 6.07) is 0. The molecule has 0 aliphatic carbocycles. The minimum absolute atomic E-state index is 0.626. The number of rotatable bonds is 2. The molecule has 2 atom stereocenters. The molecule has 0 spiro atoms. The first-order valence-electron chi connectivity index (χ1n) is 6.83. The van der Waals surface area contributed by atoms with Gasteiger partial charge >= 0.3 is 0 Å². The molecule has 1 fully saturated rings. The monoisotopic (exact) mass is 260 g/mol. The number of aromatic nitrogens is 4. The van der Waals surface area contributed by atoms with E-state index in [1.165, 1.54) is 6.42 Å². The van der Waals surface area contributed by atoms with Crippen LogP contribution < -0.4 is 10.2 Å². The van der Waals surface area contributed by atoms with Crippen LogP contribution in [-0.4, -0.2) is 40.1 Å². The molecule has 2 unspecified atom stereocenters. The number of nitrogens with one attached hydrogen (secondary N) is 2. The van der Waals surface area contributed by atoms with Gasteiger partial charge in [-0.15, -0.1) is 0 Å². The molecular formula is C13H20N6. The Labute approximate surface area is 112 Å². The van der Waals surface area contributed by atoms with Crippen molar-refractivity contribution in [2.24, 2.45) is 11.8 Å².